The van der Waals surface area contributed by atoms with Gasteiger partial charge in [0.05, 0.1) is 41.5 Å². The highest BCUT2D eigenvalue weighted by Gasteiger charge is 2.44. The lowest BCUT2D eigenvalue weighted by Gasteiger charge is -2.34. The van der Waals surface area contributed by atoms with Crippen molar-refractivity contribution in [2.24, 2.45) is 5.92 Å². The summed E-state index contributed by atoms with van der Waals surface area (Å²) in [5.41, 5.74) is 2.25. The van der Waals surface area contributed by atoms with E-state index in [9.17, 15) is 14.9 Å². The normalized spacial score (nSPS) is 20.0. The molecule has 3 rings (SSSR count). The number of ketones is 1. The van der Waals surface area contributed by atoms with Gasteiger partial charge in [0.25, 0.3) is 5.70 Å². The maximum atomic E-state index is 13.3. The molecule has 2 aliphatic rings. The monoisotopic (exact) mass is 552 g/mol. The first kappa shape index (κ1) is 27.2. The molecule has 0 aromatic heterocycles. The van der Waals surface area contributed by atoms with Gasteiger partial charge in [0.1, 0.15) is 12.5 Å². The molecule has 0 saturated carbocycles. The number of halogens is 1. The van der Waals surface area contributed by atoms with Crippen molar-refractivity contribution in [1.82, 2.24) is 5.32 Å². The Morgan fingerprint density at radius 2 is 1.97 bits per heavy atom. The zero-order valence-corrected chi connectivity index (χ0v) is 22.0. The average molecular weight is 553 g/mol. The molecule has 0 fully saturated rings. The molecule has 0 radical (unpaired) electrons. The third kappa shape index (κ3) is 6.23. The zero-order valence-electron chi connectivity index (χ0n) is 20.4. The standard InChI is InChI=1S/C25H33BrN2O7/c1-4-6-16-11-19-23(20(30)12-16)22(24(28(31)32)15(3)27-19)17-13-18(26)25(21(14-17)34-5-2)35-10-9-33-8-7-29/h13-14,16,22,27,29H,4-12H2,1-3H3. The second-order valence-corrected chi connectivity index (χ2v) is 9.51. The van der Waals surface area contributed by atoms with Gasteiger partial charge in [-0.3, -0.25) is 14.9 Å². The van der Waals surface area contributed by atoms with Crippen LogP contribution < -0.4 is 14.8 Å². The molecule has 192 valence electrons. The van der Waals surface area contributed by atoms with Gasteiger partial charge >= 0.3 is 0 Å². The number of carbonyl (C=O) groups excluding carboxylic acids is 1. The molecule has 1 aliphatic carbocycles. The van der Waals surface area contributed by atoms with Crippen molar-refractivity contribution in [1.29, 1.82) is 0 Å². The van der Waals surface area contributed by atoms with Crippen LogP contribution in [0.4, 0.5) is 0 Å². The fourth-order valence-electron chi connectivity index (χ4n) is 4.81. The number of carbonyl (C=O) groups is 1. The summed E-state index contributed by atoms with van der Waals surface area (Å²) >= 11 is 3.53. The van der Waals surface area contributed by atoms with Gasteiger partial charge in [-0.2, -0.15) is 0 Å². The number of aliphatic hydroxyl groups is 1. The molecule has 2 atom stereocenters. The van der Waals surface area contributed by atoms with E-state index < -0.39 is 10.8 Å². The van der Waals surface area contributed by atoms with Crippen LogP contribution in [0.15, 0.2) is 39.3 Å². The Hall–Kier alpha value is -2.43. The summed E-state index contributed by atoms with van der Waals surface area (Å²) in [7, 11) is 0. The number of nitrogens with zero attached hydrogens (tertiary/aromatic N) is 1. The number of hydrogen-bond acceptors (Lipinski definition) is 8. The molecule has 0 bridgehead atoms. The van der Waals surface area contributed by atoms with E-state index in [1.807, 2.05) is 6.92 Å². The second kappa shape index (κ2) is 12.5. The Bertz CT molecular complexity index is 1020. The third-order valence-corrected chi connectivity index (χ3v) is 6.73. The second-order valence-electron chi connectivity index (χ2n) is 8.65. The Labute approximate surface area is 213 Å². The van der Waals surface area contributed by atoms with Gasteiger partial charge < -0.3 is 24.6 Å². The topological polar surface area (TPSA) is 120 Å². The van der Waals surface area contributed by atoms with Crippen LogP contribution in [0, 0.1) is 16.0 Å². The van der Waals surface area contributed by atoms with Crippen LogP contribution in [0.1, 0.15) is 57.9 Å². The van der Waals surface area contributed by atoms with Crippen LogP contribution in [0.2, 0.25) is 0 Å². The summed E-state index contributed by atoms with van der Waals surface area (Å²) in [6.45, 7) is 6.65. The van der Waals surface area contributed by atoms with Gasteiger partial charge in [0, 0.05) is 17.7 Å². The smallest absolute Gasteiger partial charge is 0.276 e. The van der Waals surface area contributed by atoms with Crippen molar-refractivity contribution < 1.29 is 29.0 Å². The van der Waals surface area contributed by atoms with Crippen LogP contribution in [0.25, 0.3) is 0 Å². The molecule has 1 heterocycles. The molecule has 0 amide bonds. The highest BCUT2D eigenvalue weighted by atomic mass is 79.9. The minimum atomic E-state index is -0.811. The fourth-order valence-corrected chi connectivity index (χ4v) is 5.39. The van der Waals surface area contributed by atoms with Crippen molar-refractivity contribution >= 4 is 21.7 Å². The maximum absolute atomic E-state index is 13.3. The van der Waals surface area contributed by atoms with E-state index >= 15 is 0 Å². The van der Waals surface area contributed by atoms with Crippen LogP contribution in [-0.2, 0) is 9.53 Å². The van der Waals surface area contributed by atoms with Crippen molar-refractivity contribution in [3.8, 4) is 11.5 Å². The minimum absolute atomic E-state index is 0.0357. The molecule has 1 aliphatic heterocycles. The van der Waals surface area contributed by atoms with E-state index in [-0.39, 0.29) is 43.8 Å². The van der Waals surface area contributed by atoms with E-state index in [4.69, 9.17) is 19.3 Å². The number of hydrogen-bond donors (Lipinski definition) is 2. The van der Waals surface area contributed by atoms with Gasteiger partial charge in [-0.1, -0.05) is 13.3 Å². The first-order valence-electron chi connectivity index (χ1n) is 12.0. The Morgan fingerprint density at radius 3 is 2.63 bits per heavy atom. The molecule has 9 nitrogen and oxygen atoms in total. The van der Waals surface area contributed by atoms with Crippen molar-refractivity contribution in [2.75, 3.05) is 33.0 Å². The molecule has 2 N–H and O–H groups in total. The van der Waals surface area contributed by atoms with Gasteiger partial charge in [-0.15, -0.1) is 0 Å². The highest BCUT2D eigenvalue weighted by molar-refractivity contribution is 9.10. The summed E-state index contributed by atoms with van der Waals surface area (Å²) in [6.07, 6.45) is 3.01. The summed E-state index contributed by atoms with van der Waals surface area (Å²) in [5, 5.41) is 24.2. The van der Waals surface area contributed by atoms with Gasteiger partial charge in [0.15, 0.2) is 17.3 Å². The molecular formula is C25H33BrN2O7. The molecule has 10 heteroatoms. The molecular weight excluding hydrogens is 520 g/mol. The van der Waals surface area contributed by atoms with Gasteiger partial charge in [0.2, 0.25) is 0 Å². The van der Waals surface area contributed by atoms with E-state index in [1.54, 1.807) is 19.1 Å². The number of aliphatic hydroxyl groups excluding tert-OH is 1. The summed E-state index contributed by atoms with van der Waals surface area (Å²) < 4.78 is 17.5. The molecule has 35 heavy (non-hydrogen) atoms. The van der Waals surface area contributed by atoms with Crippen molar-refractivity contribution in [3.05, 3.63) is 54.9 Å². The predicted molar refractivity (Wildman–Crippen MR) is 134 cm³/mol. The van der Waals surface area contributed by atoms with E-state index in [2.05, 4.69) is 28.2 Å². The van der Waals surface area contributed by atoms with Crippen LogP contribution in [0.3, 0.4) is 0 Å². The first-order valence-corrected chi connectivity index (χ1v) is 12.8. The summed E-state index contributed by atoms with van der Waals surface area (Å²) in [6, 6.07) is 3.48. The summed E-state index contributed by atoms with van der Waals surface area (Å²) in [4.78, 5) is 25.1. The molecule has 0 spiro atoms. The lowest BCUT2D eigenvalue weighted by molar-refractivity contribution is -0.431. The quantitative estimate of drug-likeness (QED) is 0.221. The Morgan fingerprint density at radius 1 is 1.20 bits per heavy atom. The van der Waals surface area contributed by atoms with Crippen molar-refractivity contribution in [3.63, 3.8) is 0 Å². The number of ether oxygens (including phenoxy) is 3. The minimum Gasteiger partial charge on any atom is -0.490 e. The number of benzene rings is 1. The first-order chi connectivity index (χ1) is 16.8. The molecule has 1 aromatic carbocycles. The number of nitro groups is 1. The average Bonchev–Trinajstić information content (AvgIpc) is 2.79. The number of rotatable bonds is 12. The predicted octanol–water partition coefficient (Wildman–Crippen LogP) is 4.46. The Kier molecular flexibility index (Phi) is 9.71. The maximum Gasteiger partial charge on any atom is 0.276 e. The van der Waals surface area contributed by atoms with Crippen molar-refractivity contribution in [2.45, 2.75) is 52.4 Å². The summed E-state index contributed by atoms with van der Waals surface area (Å²) in [5.74, 6) is 0.247. The highest BCUT2D eigenvalue weighted by Crippen LogP contribution is 2.47. The van der Waals surface area contributed by atoms with E-state index in [0.29, 0.717) is 52.3 Å². The van der Waals surface area contributed by atoms with Crippen LogP contribution in [-0.4, -0.2) is 48.8 Å². The third-order valence-electron chi connectivity index (χ3n) is 6.15. The lowest BCUT2D eigenvalue weighted by Crippen LogP contribution is -2.36. The number of allylic oxidation sites excluding steroid dienone is 3. The van der Waals surface area contributed by atoms with Gasteiger partial charge in [-0.25, -0.2) is 0 Å². The zero-order chi connectivity index (χ0) is 25.5. The van der Waals surface area contributed by atoms with Gasteiger partial charge in [-0.05, 0) is 66.2 Å². The number of dihydropyridines is 1. The van der Waals surface area contributed by atoms with E-state index in [0.717, 1.165) is 18.5 Å². The SMILES string of the molecule is CCCC1CC(=O)C2=C(C1)NC(C)=C([N+](=O)[O-])C2c1cc(Br)c(OCCOCCO)c(OCC)c1. The lowest BCUT2D eigenvalue weighted by atomic mass is 9.74. The molecule has 2 unspecified atom stereocenters. The molecule has 0 saturated heterocycles. The number of Topliss-reactive ketones (excluding diaryl/α,β-unsaturated/α-hetero) is 1. The van der Waals surface area contributed by atoms with Crippen LogP contribution in [0.5, 0.6) is 11.5 Å². The molecule has 1 aromatic rings. The largest absolute Gasteiger partial charge is 0.490 e. The fraction of sp³-hybridized carbons (Fsp3) is 0.560. The number of nitrogens with one attached hydrogen (secondary N) is 1. The Balaban J connectivity index is 2.04. The van der Waals surface area contributed by atoms with E-state index in [1.165, 1.54) is 0 Å². The van der Waals surface area contributed by atoms with Crippen LogP contribution >= 0.6 is 15.9 Å².